The Morgan fingerprint density at radius 3 is 1.90 bits per heavy atom. The number of benzene rings is 2. The van der Waals surface area contributed by atoms with Crippen molar-refractivity contribution in [2.45, 2.75) is 5.75 Å². The average Bonchev–Trinajstić information content (AvgIpc) is 2.91. The van der Waals surface area contributed by atoms with Gasteiger partial charge in [0.05, 0.1) is 53.8 Å². The van der Waals surface area contributed by atoms with Crippen molar-refractivity contribution >= 4 is 23.2 Å². The summed E-state index contributed by atoms with van der Waals surface area (Å²) < 4.78 is 39.9. The fraction of sp³-hybridized carbons (Fsp3) is 0.444. The van der Waals surface area contributed by atoms with Crippen LogP contribution in [0.4, 0.5) is 0 Å². The number of quaternary nitrogens is 1. The maximum Gasteiger partial charge on any atom is 0.367 e. The monoisotopic (exact) mass is 568 g/mol. The number of methoxy groups -OCH3 is 4. The molecule has 0 aliphatic carbocycles. The van der Waals surface area contributed by atoms with E-state index in [1.807, 2.05) is 0 Å². The smallest absolute Gasteiger partial charge is 0.367 e. The third-order valence-corrected chi connectivity index (χ3v) is 7.15. The molecule has 0 heterocycles. The fourth-order valence-corrected chi connectivity index (χ4v) is 4.97. The van der Waals surface area contributed by atoms with Crippen LogP contribution in [0.2, 0.25) is 0 Å². The minimum absolute atomic E-state index is 0.0303. The molecule has 0 spiro atoms. The van der Waals surface area contributed by atoms with Crippen molar-refractivity contribution in [2.75, 3.05) is 74.4 Å². The topological polar surface area (TPSA) is 147 Å². The summed E-state index contributed by atoms with van der Waals surface area (Å²) in [4.78, 5) is 12.8. The third kappa shape index (κ3) is 9.31. The van der Waals surface area contributed by atoms with Gasteiger partial charge in [-0.05, 0) is 23.3 Å². The molecule has 0 amide bonds. The number of carbonyl (C=O) groups excluding carboxylic acids is 1. The van der Waals surface area contributed by atoms with E-state index < -0.39 is 17.1 Å². The van der Waals surface area contributed by atoms with Gasteiger partial charge in [-0.3, -0.25) is 0 Å². The SMILES string of the molecule is COc1cc(OC)c(/C=C/[S+]([O-])Cc2ccc(OC)c(OC(=O)C[N+](CCO)(CCO)CCO)c2)c(OC)c1. The average molecular weight is 569 g/mol. The van der Waals surface area contributed by atoms with E-state index in [2.05, 4.69) is 0 Å². The highest BCUT2D eigenvalue weighted by Crippen LogP contribution is 2.35. The molecule has 2 aromatic carbocycles. The van der Waals surface area contributed by atoms with Crippen LogP contribution in [0.1, 0.15) is 11.1 Å². The number of nitrogens with zero attached hydrogens (tertiary/aromatic N) is 1. The highest BCUT2D eigenvalue weighted by atomic mass is 32.2. The molecule has 0 aliphatic rings. The molecule has 0 aliphatic heterocycles. The number of aliphatic hydroxyl groups is 3. The van der Waals surface area contributed by atoms with Crippen molar-refractivity contribution < 1.29 is 52.8 Å². The highest BCUT2D eigenvalue weighted by molar-refractivity contribution is 7.93. The molecule has 0 radical (unpaired) electrons. The Morgan fingerprint density at radius 1 is 0.846 bits per heavy atom. The van der Waals surface area contributed by atoms with Gasteiger partial charge in [0.25, 0.3) is 0 Å². The van der Waals surface area contributed by atoms with Crippen LogP contribution in [-0.4, -0.2) is 105 Å². The Kier molecular flexibility index (Phi) is 13.4. The predicted octanol–water partition coefficient (Wildman–Crippen LogP) is 1.34. The van der Waals surface area contributed by atoms with Gasteiger partial charge >= 0.3 is 5.97 Å². The predicted molar refractivity (Wildman–Crippen MR) is 147 cm³/mol. The molecule has 11 nitrogen and oxygen atoms in total. The van der Waals surface area contributed by atoms with Gasteiger partial charge in [0, 0.05) is 23.8 Å². The first kappa shape index (κ1) is 32.2. The molecule has 0 saturated heterocycles. The van der Waals surface area contributed by atoms with Gasteiger partial charge in [0.15, 0.2) is 18.0 Å². The molecular weight excluding hydrogens is 530 g/mol. The van der Waals surface area contributed by atoms with Crippen molar-refractivity contribution in [3.63, 3.8) is 0 Å². The second-order valence-electron chi connectivity index (χ2n) is 8.57. The van der Waals surface area contributed by atoms with Gasteiger partial charge in [-0.25, -0.2) is 4.79 Å². The lowest BCUT2D eigenvalue weighted by Gasteiger charge is -2.36. The molecule has 1 unspecified atom stereocenters. The standard InChI is InChI=1S/C27H38NO10S/c1-34-21-16-24(36-3)22(25(17-21)37-4)7-14-39(33)19-20-5-6-23(35-2)26(15-20)38-27(32)18-28(8-11-29,9-12-30)10-13-31/h5-7,14-17,29-31H,8-13,18-19H2,1-4H3/q+1/b14-7+. The zero-order valence-electron chi connectivity index (χ0n) is 22.8. The summed E-state index contributed by atoms with van der Waals surface area (Å²) in [6.07, 6.45) is 1.65. The number of carbonyl (C=O) groups is 1. The van der Waals surface area contributed by atoms with Gasteiger partial charge in [-0.2, -0.15) is 0 Å². The van der Waals surface area contributed by atoms with Crippen LogP contribution in [0.15, 0.2) is 35.7 Å². The van der Waals surface area contributed by atoms with Crippen molar-refractivity contribution in [3.8, 4) is 28.7 Å². The molecule has 2 aromatic rings. The molecule has 1 atom stereocenters. The molecule has 0 bridgehead atoms. The van der Waals surface area contributed by atoms with Crippen LogP contribution in [0, 0.1) is 0 Å². The van der Waals surface area contributed by atoms with E-state index >= 15 is 0 Å². The van der Waals surface area contributed by atoms with Gasteiger partial charge in [0.1, 0.15) is 48.0 Å². The zero-order chi connectivity index (χ0) is 28.8. The summed E-state index contributed by atoms with van der Waals surface area (Å²) in [5.74, 6) is 1.52. The normalized spacial score (nSPS) is 12.3. The second-order valence-corrected chi connectivity index (χ2v) is 9.90. The van der Waals surface area contributed by atoms with Gasteiger partial charge < -0.3 is 48.0 Å². The third-order valence-electron chi connectivity index (χ3n) is 6.09. The quantitative estimate of drug-likeness (QED) is 0.111. The van der Waals surface area contributed by atoms with Crippen molar-refractivity contribution in [2.24, 2.45) is 0 Å². The first-order valence-corrected chi connectivity index (χ1v) is 13.6. The molecule has 0 aromatic heterocycles. The Labute approximate surface area is 231 Å². The van der Waals surface area contributed by atoms with Gasteiger partial charge in [0.2, 0.25) is 0 Å². The van der Waals surface area contributed by atoms with E-state index in [-0.39, 0.29) is 62.0 Å². The molecular formula is C27H38NO10S+. The van der Waals surface area contributed by atoms with Crippen LogP contribution in [0.5, 0.6) is 28.7 Å². The molecule has 0 saturated carbocycles. The van der Waals surface area contributed by atoms with Crippen LogP contribution in [0.3, 0.4) is 0 Å². The summed E-state index contributed by atoms with van der Waals surface area (Å²) in [5.41, 5.74) is 1.24. The molecule has 39 heavy (non-hydrogen) atoms. The summed E-state index contributed by atoms with van der Waals surface area (Å²) in [6.45, 7) is -0.332. The Bertz CT molecular complexity index is 1050. The molecule has 2 rings (SSSR count). The maximum atomic E-state index is 12.9. The van der Waals surface area contributed by atoms with Crippen LogP contribution >= 0.6 is 0 Å². The number of ether oxygens (including phenoxy) is 5. The van der Waals surface area contributed by atoms with Crippen LogP contribution in [-0.2, 0) is 21.7 Å². The number of rotatable bonds is 17. The zero-order valence-corrected chi connectivity index (χ0v) is 23.6. The van der Waals surface area contributed by atoms with E-state index in [0.29, 0.717) is 34.1 Å². The van der Waals surface area contributed by atoms with Crippen LogP contribution in [0.25, 0.3) is 6.08 Å². The molecule has 0 fully saturated rings. The van der Waals surface area contributed by atoms with E-state index in [9.17, 15) is 24.7 Å². The Balaban J connectivity index is 2.21. The summed E-state index contributed by atoms with van der Waals surface area (Å²) in [5, 5.41) is 29.9. The second kappa shape index (κ2) is 16.2. The summed E-state index contributed by atoms with van der Waals surface area (Å²) in [6, 6.07) is 8.32. The van der Waals surface area contributed by atoms with E-state index in [1.165, 1.54) is 33.8 Å². The molecule has 216 valence electrons. The summed E-state index contributed by atoms with van der Waals surface area (Å²) in [7, 11) is 6.01. The van der Waals surface area contributed by atoms with E-state index in [0.717, 1.165) is 0 Å². The maximum absolute atomic E-state index is 12.9. The largest absolute Gasteiger partial charge is 0.612 e. The Morgan fingerprint density at radius 2 is 1.41 bits per heavy atom. The molecule has 3 N–H and O–H groups in total. The van der Waals surface area contributed by atoms with Crippen molar-refractivity contribution in [1.82, 2.24) is 0 Å². The number of aliphatic hydroxyl groups excluding tert-OH is 3. The van der Waals surface area contributed by atoms with Crippen molar-refractivity contribution in [1.29, 1.82) is 0 Å². The summed E-state index contributed by atoms with van der Waals surface area (Å²) >= 11 is -1.44. The lowest BCUT2D eigenvalue weighted by molar-refractivity contribution is -0.922. The number of esters is 1. The van der Waals surface area contributed by atoms with E-state index in [4.69, 9.17) is 23.7 Å². The van der Waals surface area contributed by atoms with Gasteiger partial charge in [-0.15, -0.1) is 0 Å². The van der Waals surface area contributed by atoms with E-state index in [1.54, 1.807) is 36.4 Å². The number of hydrogen-bond donors (Lipinski definition) is 3. The van der Waals surface area contributed by atoms with Gasteiger partial charge in [-0.1, -0.05) is 6.07 Å². The highest BCUT2D eigenvalue weighted by Gasteiger charge is 2.31. The lowest BCUT2D eigenvalue weighted by Crippen LogP contribution is -2.56. The number of hydrogen-bond acceptors (Lipinski definition) is 10. The van der Waals surface area contributed by atoms with Crippen LogP contribution < -0.4 is 23.7 Å². The fourth-order valence-electron chi connectivity index (χ4n) is 4.08. The minimum atomic E-state index is -1.44. The first-order chi connectivity index (χ1) is 18.8. The molecule has 12 heteroatoms. The minimum Gasteiger partial charge on any atom is -0.612 e. The lowest BCUT2D eigenvalue weighted by atomic mass is 10.1. The Hall–Kier alpha value is -3.00. The first-order valence-electron chi connectivity index (χ1n) is 12.2. The van der Waals surface area contributed by atoms with Crippen molar-refractivity contribution in [3.05, 3.63) is 46.9 Å².